The molecular weight excluding hydrogens is 234 g/mol. The lowest BCUT2D eigenvalue weighted by atomic mass is 10.2. The molecule has 1 fully saturated rings. The summed E-state index contributed by atoms with van der Waals surface area (Å²) in [7, 11) is 3.75. The number of likely N-dealkylation sites (N-methyl/N-ethyl adjacent to an activating group) is 1. The number of amides is 1. The zero-order chi connectivity index (χ0) is 13.2. The molecule has 1 atom stereocenters. The van der Waals surface area contributed by atoms with E-state index in [4.69, 9.17) is 9.47 Å². The first-order chi connectivity index (χ1) is 8.74. The highest BCUT2D eigenvalue weighted by Crippen LogP contribution is 1.93. The maximum Gasteiger partial charge on any atom is 0.239 e. The van der Waals surface area contributed by atoms with Crippen molar-refractivity contribution in [3.05, 3.63) is 0 Å². The number of rotatable bonds is 8. The highest BCUT2D eigenvalue weighted by molar-refractivity contribution is 5.81. The molecule has 1 aliphatic heterocycles. The van der Waals surface area contributed by atoms with Gasteiger partial charge in [0, 0.05) is 39.9 Å². The molecule has 1 heterocycles. The lowest BCUT2D eigenvalue weighted by Gasteiger charge is -2.23. The number of methoxy groups -OCH3 is 1. The van der Waals surface area contributed by atoms with Crippen molar-refractivity contribution in [2.45, 2.75) is 12.5 Å². The first-order valence-electron chi connectivity index (χ1n) is 6.50. The van der Waals surface area contributed by atoms with Crippen molar-refractivity contribution in [2.75, 3.05) is 60.2 Å². The molecule has 0 saturated carbocycles. The summed E-state index contributed by atoms with van der Waals surface area (Å²) in [4.78, 5) is 13.9. The summed E-state index contributed by atoms with van der Waals surface area (Å²) in [5.74, 6) is 0.0278. The molecule has 0 aromatic carbocycles. The quantitative estimate of drug-likeness (QED) is 0.551. The monoisotopic (exact) mass is 259 g/mol. The Morgan fingerprint density at radius 3 is 3.06 bits per heavy atom. The van der Waals surface area contributed by atoms with Crippen LogP contribution in [0.25, 0.3) is 0 Å². The second-order valence-corrected chi connectivity index (χ2v) is 4.52. The van der Waals surface area contributed by atoms with Crippen LogP contribution in [-0.2, 0) is 14.3 Å². The molecule has 6 heteroatoms. The van der Waals surface area contributed by atoms with Crippen molar-refractivity contribution in [1.29, 1.82) is 0 Å². The van der Waals surface area contributed by atoms with Gasteiger partial charge in [0.1, 0.15) is 6.04 Å². The van der Waals surface area contributed by atoms with Crippen LogP contribution >= 0.6 is 0 Å². The maximum atomic E-state index is 11.7. The van der Waals surface area contributed by atoms with E-state index in [-0.39, 0.29) is 11.9 Å². The average Bonchev–Trinajstić information content (AvgIpc) is 2.40. The van der Waals surface area contributed by atoms with E-state index in [0.29, 0.717) is 19.8 Å². The molecule has 0 radical (unpaired) electrons. The fraction of sp³-hybridized carbons (Fsp3) is 0.917. The Bertz CT molecular complexity index is 233. The standard InChI is InChI=1S/C12H25N3O3/c1-15(6-3-8-17-2)7-4-14-12(16)11-10-18-9-5-13-11/h11,13H,3-10H2,1-2H3,(H,14,16). The Morgan fingerprint density at radius 1 is 1.56 bits per heavy atom. The minimum Gasteiger partial charge on any atom is -0.385 e. The van der Waals surface area contributed by atoms with Crippen molar-refractivity contribution >= 4 is 5.91 Å². The van der Waals surface area contributed by atoms with E-state index in [1.807, 2.05) is 7.05 Å². The molecule has 0 aliphatic carbocycles. The van der Waals surface area contributed by atoms with Crippen LogP contribution in [0.4, 0.5) is 0 Å². The van der Waals surface area contributed by atoms with Crippen LogP contribution in [0.1, 0.15) is 6.42 Å². The molecule has 6 nitrogen and oxygen atoms in total. The van der Waals surface area contributed by atoms with E-state index in [1.165, 1.54) is 0 Å². The molecule has 1 saturated heterocycles. The highest BCUT2D eigenvalue weighted by atomic mass is 16.5. The Kier molecular flexibility index (Phi) is 7.91. The third-order valence-electron chi connectivity index (χ3n) is 2.92. The summed E-state index contributed by atoms with van der Waals surface area (Å²) < 4.78 is 10.2. The van der Waals surface area contributed by atoms with Gasteiger partial charge < -0.3 is 25.0 Å². The van der Waals surface area contributed by atoms with Crippen molar-refractivity contribution in [2.24, 2.45) is 0 Å². The molecule has 0 bridgehead atoms. The molecule has 18 heavy (non-hydrogen) atoms. The normalized spacial score (nSPS) is 20.1. The summed E-state index contributed by atoms with van der Waals surface area (Å²) in [6, 6.07) is -0.197. The first-order valence-corrected chi connectivity index (χ1v) is 6.50. The molecule has 0 spiro atoms. The van der Waals surface area contributed by atoms with E-state index in [9.17, 15) is 4.79 Å². The van der Waals surface area contributed by atoms with Gasteiger partial charge in [-0.15, -0.1) is 0 Å². The fourth-order valence-electron chi connectivity index (χ4n) is 1.82. The molecule has 0 aromatic rings. The van der Waals surface area contributed by atoms with E-state index in [0.717, 1.165) is 32.7 Å². The smallest absolute Gasteiger partial charge is 0.239 e. The van der Waals surface area contributed by atoms with Gasteiger partial charge in [-0.25, -0.2) is 0 Å². The number of carbonyl (C=O) groups is 1. The van der Waals surface area contributed by atoms with Gasteiger partial charge in [-0.2, -0.15) is 0 Å². The summed E-state index contributed by atoms with van der Waals surface area (Å²) in [6.45, 7) is 5.18. The number of morpholine rings is 1. The van der Waals surface area contributed by atoms with Gasteiger partial charge in [0.05, 0.1) is 13.2 Å². The van der Waals surface area contributed by atoms with Crippen molar-refractivity contribution in [3.63, 3.8) is 0 Å². The van der Waals surface area contributed by atoms with Gasteiger partial charge in [0.2, 0.25) is 5.91 Å². The van der Waals surface area contributed by atoms with E-state index >= 15 is 0 Å². The van der Waals surface area contributed by atoms with Crippen LogP contribution in [0, 0.1) is 0 Å². The number of nitrogens with zero attached hydrogens (tertiary/aromatic N) is 1. The minimum absolute atomic E-state index is 0.0278. The summed E-state index contributed by atoms with van der Waals surface area (Å²) in [6.07, 6.45) is 1.01. The van der Waals surface area contributed by atoms with Crippen molar-refractivity contribution < 1.29 is 14.3 Å². The lowest BCUT2D eigenvalue weighted by Crippen LogP contribution is -2.52. The maximum absolute atomic E-state index is 11.7. The molecule has 1 unspecified atom stereocenters. The second kappa shape index (κ2) is 9.27. The number of ether oxygens (including phenoxy) is 2. The molecule has 1 amide bonds. The Labute approximate surface area is 109 Å². The summed E-state index contributed by atoms with van der Waals surface area (Å²) in [5.41, 5.74) is 0. The van der Waals surface area contributed by atoms with Crippen LogP contribution in [0.3, 0.4) is 0 Å². The highest BCUT2D eigenvalue weighted by Gasteiger charge is 2.20. The van der Waals surface area contributed by atoms with Gasteiger partial charge in [-0.3, -0.25) is 4.79 Å². The molecule has 1 aliphatic rings. The van der Waals surface area contributed by atoms with Crippen LogP contribution in [0.5, 0.6) is 0 Å². The average molecular weight is 259 g/mol. The van der Waals surface area contributed by atoms with Gasteiger partial charge in [-0.1, -0.05) is 0 Å². The Morgan fingerprint density at radius 2 is 2.39 bits per heavy atom. The predicted molar refractivity (Wildman–Crippen MR) is 69.6 cm³/mol. The predicted octanol–water partition coefficient (Wildman–Crippen LogP) is -0.941. The fourth-order valence-corrected chi connectivity index (χ4v) is 1.82. The Balaban J connectivity index is 2.03. The van der Waals surface area contributed by atoms with Crippen molar-refractivity contribution in [1.82, 2.24) is 15.5 Å². The number of nitrogens with one attached hydrogen (secondary N) is 2. The van der Waals surface area contributed by atoms with E-state index < -0.39 is 0 Å². The minimum atomic E-state index is -0.197. The van der Waals surface area contributed by atoms with E-state index in [1.54, 1.807) is 7.11 Å². The molecule has 0 aromatic heterocycles. The van der Waals surface area contributed by atoms with E-state index in [2.05, 4.69) is 15.5 Å². The number of hydrogen-bond donors (Lipinski definition) is 2. The summed E-state index contributed by atoms with van der Waals surface area (Å²) in [5, 5.41) is 6.05. The van der Waals surface area contributed by atoms with Gasteiger partial charge in [-0.05, 0) is 13.5 Å². The summed E-state index contributed by atoms with van der Waals surface area (Å²) >= 11 is 0. The first kappa shape index (κ1) is 15.4. The largest absolute Gasteiger partial charge is 0.385 e. The second-order valence-electron chi connectivity index (χ2n) is 4.52. The Hall–Kier alpha value is -0.690. The van der Waals surface area contributed by atoms with Gasteiger partial charge >= 0.3 is 0 Å². The molecular formula is C12H25N3O3. The van der Waals surface area contributed by atoms with Crippen molar-refractivity contribution in [3.8, 4) is 0 Å². The van der Waals surface area contributed by atoms with Gasteiger partial charge in [0.15, 0.2) is 0 Å². The zero-order valence-corrected chi connectivity index (χ0v) is 11.4. The molecule has 2 N–H and O–H groups in total. The third kappa shape index (κ3) is 6.30. The molecule has 106 valence electrons. The van der Waals surface area contributed by atoms with Crippen LogP contribution < -0.4 is 10.6 Å². The number of hydrogen-bond acceptors (Lipinski definition) is 5. The van der Waals surface area contributed by atoms with Crippen LogP contribution in [0.15, 0.2) is 0 Å². The van der Waals surface area contributed by atoms with Crippen LogP contribution in [0.2, 0.25) is 0 Å². The topological polar surface area (TPSA) is 62.8 Å². The third-order valence-corrected chi connectivity index (χ3v) is 2.92. The molecule has 1 rings (SSSR count). The lowest BCUT2D eigenvalue weighted by molar-refractivity contribution is -0.125. The SMILES string of the molecule is COCCCN(C)CCNC(=O)C1COCCN1. The number of carbonyl (C=O) groups excluding carboxylic acids is 1. The van der Waals surface area contributed by atoms with Gasteiger partial charge in [0.25, 0.3) is 0 Å². The zero-order valence-electron chi connectivity index (χ0n) is 11.4. The van der Waals surface area contributed by atoms with Crippen LogP contribution in [-0.4, -0.2) is 77.0 Å².